The van der Waals surface area contributed by atoms with Crippen molar-refractivity contribution in [1.82, 2.24) is 4.31 Å². The fraction of sp³-hybridized carbons (Fsp3) is 0.300. The number of rotatable bonds is 7. The van der Waals surface area contributed by atoms with E-state index in [2.05, 4.69) is 0 Å². The van der Waals surface area contributed by atoms with Gasteiger partial charge in [0, 0.05) is 0 Å². The maximum Gasteiger partial charge on any atom is 0.347 e. The average Bonchev–Trinajstić information content (AvgIpc) is 2.69. The van der Waals surface area contributed by atoms with Gasteiger partial charge < -0.3 is 16.6 Å². The Morgan fingerprint density at radius 1 is 1.24 bits per heavy atom. The summed E-state index contributed by atoms with van der Waals surface area (Å²) in [6, 6.07) is 0. The highest BCUT2D eigenvalue weighted by Crippen LogP contribution is 2.29. The summed E-state index contributed by atoms with van der Waals surface area (Å²) < 4.78 is 25.4. The summed E-state index contributed by atoms with van der Waals surface area (Å²) in [5.41, 5.74) is 10.1. The molecule has 1 rings (SSSR count). The second-order valence-electron chi connectivity index (χ2n) is 4.09. The molecule has 9 nitrogen and oxygen atoms in total. The van der Waals surface area contributed by atoms with E-state index in [1.54, 1.807) is 0 Å². The zero-order valence-corrected chi connectivity index (χ0v) is 12.5. The predicted molar refractivity (Wildman–Crippen MR) is 73.2 cm³/mol. The van der Waals surface area contributed by atoms with Gasteiger partial charge in [0.25, 0.3) is 0 Å². The number of nitrogens with two attached hydrogens (primary N) is 2. The van der Waals surface area contributed by atoms with Gasteiger partial charge in [0.2, 0.25) is 21.8 Å². The summed E-state index contributed by atoms with van der Waals surface area (Å²) in [7, 11) is -4.39. The smallest absolute Gasteiger partial charge is 0.347 e. The average molecular weight is 335 g/mol. The monoisotopic (exact) mass is 335 g/mol. The molecule has 0 aliphatic heterocycles. The highest BCUT2D eigenvalue weighted by atomic mass is 32.2. The number of aromatic carboxylic acids is 1. The number of primary amides is 2. The van der Waals surface area contributed by atoms with Gasteiger partial charge in [-0.1, -0.05) is 0 Å². The topological polar surface area (TPSA) is 161 Å². The first kappa shape index (κ1) is 17.1. The van der Waals surface area contributed by atoms with Crippen LogP contribution < -0.4 is 11.5 Å². The second-order valence-corrected chi connectivity index (χ2v) is 6.84. The van der Waals surface area contributed by atoms with Gasteiger partial charge in [-0.05, 0) is 17.9 Å². The first-order valence-corrected chi connectivity index (χ1v) is 7.77. The van der Waals surface area contributed by atoms with Gasteiger partial charge in [0.05, 0.1) is 13.1 Å². The Bertz CT molecular complexity index is 678. The Balaban J connectivity index is 3.41. The Labute approximate surface area is 124 Å². The number of nitrogens with zero attached hydrogens (tertiary/aromatic N) is 1. The first-order chi connectivity index (χ1) is 9.57. The fourth-order valence-corrected chi connectivity index (χ4v) is 4.56. The number of thiophene rings is 1. The molecule has 0 aromatic carbocycles. The van der Waals surface area contributed by atoms with Crippen molar-refractivity contribution in [3.8, 4) is 0 Å². The second kappa shape index (κ2) is 6.20. The van der Waals surface area contributed by atoms with Gasteiger partial charge >= 0.3 is 5.97 Å². The van der Waals surface area contributed by atoms with E-state index in [0.717, 1.165) is 11.3 Å². The summed E-state index contributed by atoms with van der Waals surface area (Å²) in [5, 5.41) is 10.4. The van der Waals surface area contributed by atoms with E-state index < -0.39 is 50.7 Å². The maximum atomic E-state index is 12.5. The van der Waals surface area contributed by atoms with Crippen LogP contribution in [0, 0.1) is 6.92 Å². The fourth-order valence-electron chi connectivity index (χ4n) is 1.60. The molecule has 0 radical (unpaired) electrons. The zero-order valence-electron chi connectivity index (χ0n) is 10.9. The minimum Gasteiger partial charge on any atom is -0.477 e. The molecule has 0 fully saturated rings. The van der Waals surface area contributed by atoms with Crippen LogP contribution in [0.1, 0.15) is 15.2 Å². The van der Waals surface area contributed by atoms with Crippen molar-refractivity contribution < 1.29 is 27.9 Å². The molecule has 11 heteroatoms. The first-order valence-electron chi connectivity index (χ1n) is 5.45. The molecule has 2 amide bonds. The lowest BCUT2D eigenvalue weighted by Crippen LogP contribution is -2.43. The summed E-state index contributed by atoms with van der Waals surface area (Å²) in [4.78, 5) is 32.1. The van der Waals surface area contributed by atoms with Crippen LogP contribution in [-0.2, 0) is 19.6 Å². The minimum atomic E-state index is -4.39. The lowest BCUT2D eigenvalue weighted by molar-refractivity contribution is -0.120. The minimum absolute atomic E-state index is 0.191. The molecule has 116 valence electrons. The zero-order chi connectivity index (χ0) is 16.4. The summed E-state index contributed by atoms with van der Waals surface area (Å²) >= 11 is 0.729. The number of sulfonamides is 1. The number of carboxylic acid groups (broad SMARTS) is 1. The van der Waals surface area contributed by atoms with Crippen LogP contribution >= 0.6 is 11.3 Å². The van der Waals surface area contributed by atoms with E-state index in [0.29, 0.717) is 4.31 Å². The maximum absolute atomic E-state index is 12.5. The largest absolute Gasteiger partial charge is 0.477 e. The van der Waals surface area contributed by atoms with Crippen LogP contribution in [0.5, 0.6) is 0 Å². The van der Waals surface area contributed by atoms with E-state index in [1.165, 1.54) is 12.3 Å². The van der Waals surface area contributed by atoms with Crippen LogP contribution in [0.3, 0.4) is 0 Å². The number of carbonyl (C=O) groups excluding carboxylic acids is 2. The van der Waals surface area contributed by atoms with E-state index in [1.807, 2.05) is 0 Å². The van der Waals surface area contributed by atoms with Crippen LogP contribution in [0.15, 0.2) is 10.3 Å². The molecule has 0 unspecified atom stereocenters. The number of carbonyl (C=O) groups is 3. The molecule has 0 aliphatic rings. The lowest BCUT2D eigenvalue weighted by atomic mass is 10.3. The highest BCUT2D eigenvalue weighted by Gasteiger charge is 2.33. The third-order valence-electron chi connectivity index (χ3n) is 2.37. The van der Waals surface area contributed by atoms with E-state index >= 15 is 0 Å². The molecule has 0 saturated heterocycles. The molecule has 0 atom stereocenters. The standard InChI is InChI=1S/C10H13N3O6S2/c1-5-4-20-8(10(16)17)9(5)21(18,19)13(2-6(11)14)3-7(12)15/h4H,2-3H2,1H3,(H2,11,14)(H2,12,15)(H,16,17). The van der Waals surface area contributed by atoms with E-state index in [9.17, 15) is 22.8 Å². The van der Waals surface area contributed by atoms with Crippen molar-refractivity contribution in [2.24, 2.45) is 11.5 Å². The molecule has 1 heterocycles. The molecule has 1 aromatic rings. The van der Waals surface area contributed by atoms with Gasteiger partial charge in [0.15, 0.2) is 0 Å². The summed E-state index contributed by atoms with van der Waals surface area (Å²) in [5.74, 6) is -3.42. The Hall–Kier alpha value is -1.98. The molecule has 0 bridgehead atoms. The van der Waals surface area contributed by atoms with Crippen LogP contribution in [-0.4, -0.2) is 48.7 Å². The van der Waals surface area contributed by atoms with Crippen molar-refractivity contribution in [2.75, 3.05) is 13.1 Å². The number of hydrogen-bond acceptors (Lipinski definition) is 6. The van der Waals surface area contributed by atoms with E-state index in [-0.39, 0.29) is 5.56 Å². The SMILES string of the molecule is Cc1csc(C(=O)O)c1S(=O)(=O)N(CC(N)=O)CC(N)=O. The molecule has 1 aromatic heterocycles. The van der Waals surface area contributed by atoms with Crippen molar-refractivity contribution >= 4 is 39.1 Å². The molecular weight excluding hydrogens is 322 g/mol. The van der Waals surface area contributed by atoms with Crippen LogP contribution in [0.4, 0.5) is 0 Å². The molecule has 0 spiro atoms. The quantitative estimate of drug-likeness (QED) is 0.562. The molecule has 0 saturated carbocycles. The third-order valence-corrected chi connectivity index (χ3v) is 5.57. The Morgan fingerprint density at radius 2 is 1.71 bits per heavy atom. The lowest BCUT2D eigenvalue weighted by Gasteiger charge is -2.19. The number of carboxylic acids is 1. The number of aryl methyl sites for hydroxylation is 1. The van der Waals surface area contributed by atoms with E-state index in [4.69, 9.17) is 16.6 Å². The van der Waals surface area contributed by atoms with Gasteiger partial charge in [0.1, 0.15) is 9.77 Å². The Morgan fingerprint density at radius 3 is 2.10 bits per heavy atom. The normalized spacial score (nSPS) is 11.5. The highest BCUT2D eigenvalue weighted by molar-refractivity contribution is 7.89. The van der Waals surface area contributed by atoms with Crippen LogP contribution in [0.25, 0.3) is 0 Å². The number of hydrogen-bond donors (Lipinski definition) is 3. The van der Waals surface area contributed by atoms with Gasteiger partial charge in [-0.15, -0.1) is 11.3 Å². The van der Waals surface area contributed by atoms with Crippen molar-refractivity contribution in [3.63, 3.8) is 0 Å². The van der Waals surface area contributed by atoms with Gasteiger partial charge in [-0.3, -0.25) is 9.59 Å². The molecule has 5 N–H and O–H groups in total. The van der Waals surface area contributed by atoms with Crippen LogP contribution in [0.2, 0.25) is 0 Å². The van der Waals surface area contributed by atoms with Gasteiger partial charge in [-0.25, -0.2) is 13.2 Å². The Kier molecular flexibility index (Phi) is 5.04. The molecule has 21 heavy (non-hydrogen) atoms. The summed E-state index contributed by atoms with van der Waals surface area (Å²) in [6.07, 6.45) is 0. The predicted octanol–water partition coefficient (Wildman–Crippen LogP) is -1.28. The van der Waals surface area contributed by atoms with Crippen molar-refractivity contribution in [1.29, 1.82) is 0 Å². The van der Waals surface area contributed by atoms with Crippen molar-refractivity contribution in [2.45, 2.75) is 11.8 Å². The van der Waals surface area contributed by atoms with Gasteiger partial charge in [-0.2, -0.15) is 4.31 Å². The number of amides is 2. The van der Waals surface area contributed by atoms with Crippen molar-refractivity contribution in [3.05, 3.63) is 15.8 Å². The third kappa shape index (κ3) is 3.77. The summed E-state index contributed by atoms with van der Waals surface area (Å²) in [6.45, 7) is -0.151. The molecule has 0 aliphatic carbocycles. The molecular formula is C10H13N3O6S2.